The van der Waals surface area contributed by atoms with Gasteiger partial charge in [0.05, 0.1) is 36.7 Å². The number of aliphatic hydroxyl groups is 2. The van der Waals surface area contributed by atoms with Gasteiger partial charge in [0.1, 0.15) is 11.5 Å². The molecule has 0 heterocycles. The van der Waals surface area contributed by atoms with Crippen LogP contribution in [0.25, 0.3) is 0 Å². The van der Waals surface area contributed by atoms with Gasteiger partial charge in [-0.15, -0.1) is 58.8 Å². The molecule has 0 bridgehead atoms. The highest BCUT2D eigenvalue weighted by Crippen LogP contribution is 2.16. The first-order chi connectivity index (χ1) is 19.0. The van der Waals surface area contributed by atoms with Gasteiger partial charge in [-0.2, -0.15) is 11.8 Å². The number of rotatable bonds is 26. The van der Waals surface area contributed by atoms with E-state index in [2.05, 4.69) is 20.6 Å². The van der Waals surface area contributed by atoms with E-state index in [1.54, 1.807) is 70.6 Å². The summed E-state index contributed by atoms with van der Waals surface area (Å²) >= 11 is 9.84. The Morgan fingerprint density at radius 3 is 1.74 bits per heavy atom. The van der Waals surface area contributed by atoms with Crippen LogP contribution in [-0.2, 0) is 22.4 Å². The van der Waals surface area contributed by atoms with Crippen LogP contribution in [0.15, 0.2) is 9.98 Å². The lowest BCUT2D eigenvalue weighted by Gasteiger charge is -2.06. The topological polar surface area (TPSA) is 169 Å². The summed E-state index contributed by atoms with van der Waals surface area (Å²) in [7, 11) is 0. The molecule has 228 valence electrons. The minimum absolute atomic E-state index is 0.0137. The number of carbonyl (C=O) groups is 2. The standard InChI is InChI=1S/C19H36N4O6S10/c24-1-3-36-18(26)22-11-34-17-33-10-21-14-39(29)8-6-31-15-30-4-5-37-19(27)23-12-35-16-32-9-20-13-38(28)7-2-25/h13-14,24-25H,1-12,15-17H2,(H,22,26)(H,23,27)/b20-13+,21-14+. The maximum absolute atomic E-state index is 12.0. The molecule has 39 heavy (non-hydrogen) atoms. The van der Waals surface area contributed by atoms with Gasteiger partial charge in [0.15, 0.2) is 0 Å². The Hall–Kier alpha value is 1.62. The highest BCUT2D eigenvalue weighted by Gasteiger charge is 2.05. The third-order valence-electron chi connectivity index (χ3n) is 3.36. The number of aliphatic hydroxyl groups excluding tert-OH is 2. The fourth-order valence-corrected chi connectivity index (χ4v) is 10.2. The maximum atomic E-state index is 12.0. The van der Waals surface area contributed by atoms with Crippen LogP contribution in [0.3, 0.4) is 0 Å². The molecule has 0 aromatic rings. The summed E-state index contributed by atoms with van der Waals surface area (Å²) in [6.07, 6.45) is 0. The fraction of sp³-hybridized carbons (Fsp3) is 0.789. The lowest BCUT2D eigenvalue weighted by Crippen LogP contribution is -2.18. The quantitative estimate of drug-likeness (QED) is 0.0335. The lowest BCUT2D eigenvalue weighted by atomic mass is 10.9. The second kappa shape index (κ2) is 32.5. The van der Waals surface area contributed by atoms with Crippen LogP contribution in [0.4, 0.5) is 9.59 Å². The highest BCUT2D eigenvalue weighted by molar-refractivity contribution is 8.18. The summed E-state index contributed by atoms with van der Waals surface area (Å²) in [6, 6.07) is 0. The first kappa shape index (κ1) is 40.6. The number of carbonyl (C=O) groups excluding carboxylic acids is 2. The highest BCUT2D eigenvalue weighted by atomic mass is 32.2. The van der Waals surface area contributed by atoms with Crippen LogP contribution in [0, 0.1) is 0 Å². The van der Waals surface area contributed by atoms with Crippen molar-refractivity contribution in [3.63, 3.8) is 0 Å². The third-order valence-corrected chi connectivity index (χ3v) is 13.8. The Labute approximate surface area is 271 Å². The van der Waals surface area contributed by atoms with E-state index in [4.69, 9.17) is 10.2 Å². The number of thioether (sulfide) groups is 8. The predicted octanol–water partition coefficient (Wildman–Crippen LogP) is 3.51. The third kappa shape index (κ3) is 32.4. The largest absolute Gasteiger partial charge is 0.611 e. The average molecular weight is 737 g/mol. The minimum Gasteiger partial charge on any atom is -0.611 e. The molecular formula is C19H36N4O6S10. The molecule has 0 radical (unpaired) electrons. The number of aliphatic imine (C=N–C) groups is 2. The van der Waals surface area contributed by atoms with Gasteiger partial charge < -0.3 is 30.0 Å². The van der Waals surface area contributed by atoms with E-state index in [1.165, 1.54) is 22.9 Å². The minimum atomic E-state index is -1.20. The number of amides is 2. The summed E-state index contributed by atoms with van der Waals surface area (Å²) < 4.78 is 23.2. The molecule has 0 rings (SSSR count). The Balaban J connectivity index is 3.42. The lowest BCUT2D eigenvalue weighted by molar-refractivity contribution is 0.261. The van der Waals surface area contributed by atoms with Crippen molar-refractivity contribution < 1.29 is 28.9 Å². The maximum Gasteiger partial charge on any atom is 0.279 e. The molecule has 10 nitrogen and oxygen atoms in total. The zero-order chi connectivity index (χ0) is 28.8. The first-order valence-corrected chi connectivity index (χ1v) is 22.9. The van der Waals surface area contributed by atoms with Gasteiger partial charge in [0.25, 0.3) is 10.5 Å². The van der Waals surface area contributed by atoms with Crippen LogP contribution in [-0.4, -0.2) is 127 Å². The van der Waals surface area contributed by atoms with E-state index in [0.29, 0.717) is 35.0 Å². The van der Waals surface area contributed by atoms with Crippen LogP contribution in [0.5, 0.6) is 0 Å². The molecule has 2 unspecified atom stereocenters. The number of nitrogens with zero attached hydrogens (tertiary/aromatic N) is 2. The van der Waals surface area contributed by atoms with Crippen molar-refractivity contribution in [3.8, 4) is 0 Å². The first-order valence-electron chi connectivity index (χ1n) is 11.2. The van der Waals surface area contributed by atoms with Gasteiger partial charge in [0, 0.05) is 38.3 Å². The zero-order valence-electron chi connectivity index (χ0n) is 21.3. The van der Waals surface area contributed by atoms with Crippen LogP contribution >= 0.6 is 94.1 Å². The smallest absolute Gasteiger partial charge is 0.279 e. The molecule has 0 fully saturated rings. The Morgan fingerprint density at radius 2 is 1.18 bits per heavy atom. The van der Waals surface area contributed by atoms with Gasteiger partial charge in [-0.05, 0) is 22.4 Å². The van der Waals surface area contributed by atoms with E-state index < -0.39 is 22.4 Å². The molecule has 0 saturated carbocycles. The van der Waals surface area contributed by atoms with Crippen LogP contribution < -0.4 is 10.6 Å². The van der Waals surface area contributed by atoms with Gasteiger partial charge in [-0.1, -0.05) is 23.5 Å². The molecule has 0 aliphatic rings. The normalized spacial score (nSPS) is 13.2. The van der Waals surface area contributed by atoms with Gasteiger partial charge in [0.2, 0.25) is 11.1 Å². The van der Waals surface area contributed by atoms with Crippen molar-refractivity contribution in [2.45, 2.75) is 0 Å². The van der Waals surface area contributed by atoms with Gasteiger partial charge in [-0.3, -0.25) is 9.59 Å². The van der Waals surface area contributed by atoms with Crippen molar-refractivity contribution in [1.29, 1.82) is 0 Å². The Bertz CT molecular complexity index is 660. The number of hydrogen-bond donors (Lipinski definition) is 4. The molecule has 0 aliphatic heterocycles. The molecule has 0 spiro atoms. The second-order valence-corrected chi connectivity index (χ2v) is 18.4. The summed E-state index contributed by atoms with van der Waals surface area (Å²) in [5.74, 6) is 5.64. The van der Waals surface area contributed by atoms with Crippen molar-refractivity contribution in [2.75, 3.05) is 86.5 Å². The monoisotopic (exact) mass is 736 g/mol. The van der Waals surface area contributed by atoms with Gasteiger partial charge in [-0.25, -0.2) is 9.98 Å². The van der Waals surface area contributed by atoms with Crippen molar-refractivity contribution >= 4 is 138 Å². The second-order valence-electron chi connectivity index (χ2n) is 6.35. The Kier molecular flexibility index (Phi) is 33.9. The zero-order valence-corrected chi connectivity index (χ0v) is 29.4. The van der Waals surface area contributed by atoms with E-state index >= 15 is 0 Å². The molecule has 0 aromatic heterocycles. The van der Waals surface area contributed by atoms with Gasteiger partial charge >= 0.3 is 0 Å². The molecule has 0 aromatic carbocycles. The molecule has 2 amide bonds. The average Bonchev–Trinajstić information content (AvgIpc) is 2.92. The molecular weight excluding hydrogens is 701 g/mol. The van der Waals surface area contributed by atoms with Crippen molar-refractivity contribution in [3.05, 3.63) is 0 Å². The molecule has 2 atom stereocenters. The van der Waals surface area contributed by atoms with Crippen molar-refractivity contribution in [2.24, 2.45) is 9.98 Å². The molecule has 4 N–H and O–H groups in total. The number of nitrogens with one attached hydrogen (secondary N) is 2. The molecule has 0 aliphatic carbocycles. The summed E-state index contributed by atoms with van der Waals surface area (Å²) in [4.78, 5) is 31.4. The van der Waals surface area contributed by atoms with E-state index in [9.17, 15) is 18.7 Å². The molecule has 0 saturated heterocycles. The summed E-state index contributed by atoms with van der Waals surface area (Å²) in [5.41, 5.74) is 2.86. The number of hydrogen-bond acceptors (Lipinski definition) is 16. The Morgan fingerprint density at radius 1 is 0.667 bits per heavy atom. The SMILES string of the molecule is O=C(NCSCSC/N=C/[S+]([O-])CCSCSCCSC(=O)NCSCSC/N=C/[S+]([O-])CCO)SCCO. The molecule has 20 heteroatoms. The predicted molar refractivity (Wildman–Crippen MR) is 189 cm³/mol. The van der Waals surface area contributed by atoms with E-state index in [-0.39, 0.29) is 29.4 Å². The fourth-order valence-electron chi connectivity index (χ4n) is 1.78. The van der Waals surface area contributed by atoms with E-state index in [1.807, 2.05) is 0 Å². The summed E-state index contributed by atoms with van der Waals surface area (Å²) in [6.45, 7) is -0.127. The van der Waals surface area contributed by atoms with E-state index in [0.717, 1.165) is 44.3 Å². The van der Waals surface area contributed by atoms with Crippen molar-refractivity contribution in [1.82, 2.24) is 10.6 Å². The summed E-state index contributed by atoms with van der Waals surface area (Å²) in [5, 5.41) is 25.1. The van der Waals surface area contributed by atoms with Crippen LogP contribution in [0.2, 0.25) is 0 Å². The van der Waals surface area contributed by atoms with Crippen LogP contribution in [0.1, 0.15) is 0 Å².